The van der Waals surface area contributed by atoms with Crippen molar-refractivity contribution in [3.05, 3.63) is 0 Å². The van der Waals surface area contributed by atoms with E-state index in [9.17, 15) is 0 Å². The van der Waals surface area contributed by atoms with Gasteiger partial charge >= 0.3 is 0 Å². The third kappa shape index (κ3) is 8.02. The Balaban J connectivity index is 4.23. The number of methoxy groups -OCH3 is 1. The first-order valence-corrected chi connectivity index (χ1v) is 6.71. The molecule has 0 aromatic heterocycles. The summed E-state index contributed by atoms with van der Waals surface area (Å²) in [5, 5.41) is 6.60. The molecule has 0 heterocycles. The molecule has 4 nitrogen and oxygen atoms in total. The Hall–Kier alpha value is -0.770. The van der Waals surface area contributed by atoms with Gasteiger partial charge in [0, 0.05) is 26.2 Å². The smallest absolute Gasteiger partial charge is 0.191 e. The lowest BCUT2D eigenvalue weighted by atomic mass is 10.0. The summed E-state index contributed by atoms with van der Waals surface area (Å²) in [7, 11) is 1.71. The van der Waals surface area contributed by atoms with E-state index in [4.69, 9.17) is 4.74 Å². The normalized spacial score (nSPS) is 13.9. The average molecular weight is 243 g/mol. The molecule has 0 saturated carbocycles. The highest BCUT2D eigenvalue weighted by Gasteiger charge is 2.06. The van der Waals surface area contributed by atoms with Crippen LogP contribution in [0.4, 0.5) is 0 Å². The maximum atomic E-state index is 5.11. The van der Waals surface area contributed by atoms with Gasteiger partial charge in [-0.05, 0) is 19.8 Å². The minimum absolute atomic E-state index is 0.277. The molecule has 0 radical (unpaired) electrons. The highest BCUT2D eigenvalue weighted by molar-refractivity contribution is 5.80. The molecule has 2 N–H and O–H groups in total. The van der Waals surface area contributed by atoms with Crippen molar-refractivity contribution in [2.75, 3.05) is 26.8 Å². The molecule has 0 aliphatic heterocycles. The van der Waals surface area contributed by atoms with Gasteiger partial charge < -0.3 is 15.4 Å². The molecule has 1 unspecified atom stereocenters. The zero-order chi connectivity index (χ0) is 13.1. The van der Waals surface area contributed by atoms with Crippen LogP contribution in [0.1, 0.15) is 40.5 Å². The van der Waals surface area contributed by atoms with E-state index in [1.54, 1.807) is 7.11 Å². The van der Waals surface area contributed by atoms with Crippen LogP contribution >= 0.6 is 0 Å². The summed E-state index contributed by atoms with van der Waals surface area (Å²) in [6.07, 6.45) is 2.38. The van der Waals surface area contributed by atoms with Gasteiger partial charge in [0.2, 0.25) is 0 Å². The van der Waals surface area contributed by atoms with Crippen molar-refractivity contribution in [1.29, 1.82) is 0 Å². The average Bonchev–Trinajstić information content (AvgIpc) is 2.30. The molecule has 0 aliphatic carbocycles. The first-order chi connectivity index (χ1) is 8.17. The van der Waals surface area contributed by atoms with Crippen molar-refractivity contribution in [2.45, 2.75) is 46.6 Å². The van der Waals surface area contributed by atoms with Gasteiger partial charge in [-0.3, -0.25) is 4.99 Å². The number of nitrogens with one attached hydrogen (secondary N) is 2. The van der Waals surface area contributed by atoms with Gasteiger partial charge in [0.1, 0.15) is 0 Å². The first-order valence-electron chi connectivity index (χ1n) is 6.71. The molecule has 4 heteroatoms. The Morgan fingerprint density at radius 2 is 1.88 bits per heavy atom. The Bertz CT molecular complexity index is 203. The van der Waals surface area contributed by atoms with E-state index >= 15 is 0 Å². The lowest BCUT2D eigenvalue weighted by molar-refractivity contribution is 0.179. The fraction of sp³-hybridized carbons (Fsp3) is 0.923. The molecule has 0 saturated heterocycles. The van der Waals surface area contributed by atoms with Crippen LogP contribution in [-0.2, 0) is 4.74 Å². The Kier molecular flexibility index (Phi) is 9.92. The van der Waals surface area contributed by atoms with E-state index in [-0.39, 0.29) is 6.04 Å². The summed E-state index contributed by atoms with van der Waals surface area (Å²) >= 11 is 0. The topological polar surface area (TPSA) is 45.7 Å². The predicted molar refractivity (Wildman–Crippen MR) is 74.5 cm³/mol. The number of nitrogens with zero attached hydrogens (tertiary/aromatic N) is 1. The van der Waals surface area contributed by atoms with Crippen LogP contribution in [0.25, 0.3) is 0 Å². The Morgan fingerprint density at radius 3 is 2.35 bits per heavy atom. The lowest BCUT2D eigenvalue weighted by Crippen LogP contribution is -2.44. The Labute approximate surface area is 106 Å². The van der Waals surface area contributed by atoms with Crippen LogP contribution in [0.5, 0.6) is 0 Å². The zero-order valence-electron chi connectivity index (χ0n) is 12.0. The number of rotatable bonds is 8. The van der Waals surface area contributed by atoms with Crippen LogP contribution < -0.4 is 10.6 Å². The van der Waals surface area contributed by atoms with Gasteiger partial charge in [-0.25, -0.2) is 0 Å². The second kappa shape index (κ2) is 10.4. The van der Waals surface area contributed by atoms with Crippen molar-refractivity contribution in [1.82, 2.24) is 10.6 Å². The maximum absolute atomic E-state index is 5.11. The predicted octanol–water partition coefficient (Wildman–Crippen LogP) is 2.01. The summed E-state index contributed by atoms with van der Waals surface area (Å²) < 4.78 is 5.11. The molecule has 0 amide bonds. The molecular weight excluding hydrogens is 214 g/mol. The van der Waals surface area contributed by atoms with E-state index in [1.807, 2.05) is 0 Å². The molecule has 0 aromatic carbocycles. The van der Waals surface area contributed by atoms with Crippen molar-refractivity contribution in [3.8, 4) is 0 Å². The van der Waals surface area contributed by atoms with E-state index in [2.05, 4.69) is 43.3 Å². The van der Waals surface area contributed by atoms with Gasteiger partial charge in [0.05, 0.1) is 6.61 Å². The third-order valence-electron chi connectivity index (χ3n) is 2.81. The molecule has 102 valence electrons. The van der Waals surface area contributed by atoms with Crippen LogP contribution in [-0.4, -0.2) is 38.8 Å². The van der Waals surface area contributed by atoms with Crippen molar-refractivity contribution in [2.24, 2.45) is 10.9 Å². The van der Waals surface area contributed by atoms with E-state index in [1.165, 1.54) is 12.8 Å². The van der Waals surface area contributed by atoms with Crippen LogP contribution in [0.3, 0.4) is 0 Å². The highest BCUT2D eigenvalue weighted by Crippen LogP contribution is 2.07. The second-order valence-corrected chi connectivity index (χ2v) is 4.40. The summed E-state index contributed by atoms with van der Waals surface area (Å²) in [5.41, 5.74) is 0. The number of ether oxygens (including phenoxy) is 1. The number of guanidine groups is 1. The highest BCUT2D eigenvalue weighted by atomic mass is 16.5. The monoisotopic (exact) mass is 243 g/mol. The molecule has 0 aromatic rings. The number of hydrogen-bond donors (Lipinski definition) is 2. The molecule has 0 fully saturated rings. The van der Waals surface area contributed by atoms with Crippen molar-refractivity contribution < 1.29 is 4.74 Å². The minimum atomic E-state index is 0.277. The minimum Gasteiger partial charge on any atom is -0.383 e. The van der Waals surface area contributed by atoms with E-state index in [0.717, 1.165) is 19.0 Å². The summed E-state index contributed by atoms with van der Waals surface area (Å²) in [6.45, 7) is 11.1. The number of hydrogen-bond acceptors (Lipinski definition) is 2. The Morgan fingerprint density at radius 1 is 1.24 bits per heavy atom. The quantitative estimate of drug-likeness (QED) is 0.506. The molecule has 0 spiro atoms. The second-order valence-electron chi connectivity index (χ2n) is 4.40. The summed E-state index contributed by atoms with van der Waals surface area (Å²) in [5.74, 6) is 1.58. The van der Waals surface area contributed by atoms with Gasteiger partial charge in [-0.2, -0.15) is 0 Å². The van der Waals surface area contributed by atoms with Crippen LogP contribution in [0.2, 0.25) is 0 Å². The van der Waals surface area contributed by atoms with Gasteiger partial charge in [-0.15, -0.1) is 0 Å². The SMILES string of the molecule is CCNC(=NCC(CC)CC)NC(C)COC. The van der Waals surface area contributed by atoms with E-state index in [0.29, 0.717) is 12.5 Å². The van der Waals surface area contributed by atoms with Crippen LogP contribution in [0.15, 0.2) is 4.99 Å². The zero-order valence-corrected chi connectivity index (χ0v) is 12.0. The van der Waals surface area contributed by atoms with Gasteiger partial charge in [0.25, 0.3) is 0 Å². The standard InChI is InChI=1S/C13H29N3O/c1-6-12(7-2)9-15-13(14-8-3)16-11(4)10-17-5/h11-12H,6-10H2,1-5H3,(H2,14,15,16). The van der Waals surface area contributed by atoms with Gasteiger partial charge in [0.15, 0.2) is 5.96 Å². The molecule has 1 atom stereocenters. The summed E-state index contributed by atoms with van der Waals surface area (Å²) in [4.78, 5) is 4.62. The van der Waals surface area contributed by atoms with Gasteiger partial charge in [-0.1, -0.05) is 26.7 Å². The molecule has 0 rings (SSSR count). The third-order valence-corrected chi connectivity index (χ3v) is 2.81. The molecule has 0 aliphatic rings. The first kappa shape index (κ1) is 16.2. The van der Waals surface area contributed by atoms with E-state index < -0.39 is 0 Å². The lowest BCUT2D eigenvalue weighted by Gasteiger charge is -2.18. The largest absolute Gasteiger partial charge is 0.383 e. The molecular formula is C13H29N3O. The fourth-order valence-corrected chi connectivity index (χ4v) is 1.61. The van der Waals surface area contributed by atoms with Crippen molar-refractivity contribution >= 4 is 5.96 Å². The maximum Gasteiger partial charge on any atom is 0.191 e. The molecule has 0 bridgehead atoms. The fourth-order valence-electron chi connectivity index (χ4n) is 1.61. The summed E-state index contributed by atoms with van der Waals surface area (Å²) in [6, 6.07) is 0.277. The molecule has 17 heavy (non-hydrogen) atoms. The number of aliphatic imine (C=N–C) groups is 1. The van der Waals surface area contributed by atoms with Crippen LogP contribution in [0, 0.1) is 5.92 Å². The van der Waals surface area contributed by atoms with Crippen molar-refractivity contribution in [3.63, 3.8) is 0 Å².